The van der Waals surface area contributed by atoms with Crippen LogP contribution in [0.2, 0.25) is 0 Å². The first-order chi connectivity index (χ1) is 20.0. The Morgan fingerprint density at radius 2 is 1.41 bits per heavy atom. The van der Waals surface area contributed by atoms with Gasteiger partial charge in [0.05, 0.1) is 23.2 Å². The number of amides is 3. The number of hydrogen-bond acceptors (Lipinski definition) is 5. The minimum Gasteiger partial charge on any atom is -0.322 e. The van der Waals surface area contributed by atoms with Crippen molar-refractivity contribution < 1.29 is 14.4 Å². The molecular weight excluding hydrogens is 516 g/mol. The quantitative estimate of drug-likeness (QED) is 0.149. The highest BCUT2D eigenvalue weighted by Crippen LogP contribution is 2.22. The highest BCUT2D eigenvalue weighted by atomic mass is 16.2. The van der Waals surface area contributed by atoms with Crippen molar-refractivity contribution in [1.82, 2.24) is 15.2 Å². The van der Waals surface area contributed by atoms with Crippen molar-refractivity contribution in [2.45, 2.75) is 6.92 Å². The SMILES string of the molecule is Cc1ccc(NC(=O)c2ccccc2NC(=O)C(=O)N/N=C\c2cn(-c3ccccc3)nc2-c2ccccc2)cc1. The Morgan fingerprint density at radius 3 is 2.15 bits per heavy atom. The Kier molecular flexibility index (Phi) is 8.06. The average molecular weight is 543 g/mol. The van der Waals surface area contributed by atoms with Gasteiger partial charge in [0.25, 0.3) is 5.91 Å². The molecule has 202 valence electrons. The van der Waals surface area contributed by atoms with Crippen LogP contribution in [0.3, 0.4) is 0 Å². The van der Waals surface area contributed by atoms with Crippen LogP contribution in [0.25, 0.3) is 16.9 Å². The second kappa shape index (κ2) is 12.4. The fourth-order valence-electron chi connectivity index (χ4n) is 4.03. The van der Waals surface area contributed by atoms with Gasteiger partial charge in [0.2, 0.25) is 0 Å². The Labute approximate surface area is 236 Å². The third-order valence-corrected chi connectivity index (χ3v) is 6.12. The number of nitrogens with zero attached hydrogens (tertiary/aromatic N) is 3. The molecule has 3 N–H and O–H groups in total. The molecule has 0 aliphatic carbocycles. The van der Waals surface area contributed by atoms with Crippen LogP contribution < -0.4 is 16.1 Å². The minimum absolute atomic E-state index is 0.191. The molecule has 0 aliphatic heterocycles. The molecule has 0 atom stereocenters. The van der Waals surface area contributed by atoms with E-state index in [1.54, 1.807) is 47.3 Å². The molecule has 1 aromatic heterocycles. The Balaban J connectivity index is 1.28. The zero-order valence-corrected chi connectivity index (χ0v) is 22.1. The van der Waals surface area contributed by atoms with Crippen molar-refractivity contribution >= 4 is 35.3 Å². The van der Waals surface area contributed by atoms with Crippen LogP contribution in [0, 0.1) is 6.92 Å². The summed E-state index contributed by atoms with van der Waals surface area (Å²) in [5, 5.41) is 14.0. The summed E-state index contributed by atoms with van der Waals surface area (Å²) in [6.07, 6.45) is 3.22. The van der Waals surface area contributed by atoms with E-state index in [4.69, 9.17) is 5.10 Å². The number of hydrogen-bond donors (Lipinski definition) is 3. The van der Waals surface area contributed by atoms with Crippen molar-refractivity contribution in [1.29, 1.82) is 0 Å². The lowest BCUT2D eigenvalue weighted by Crippen LogP contribution is -2.33. The first-order valence-electron chi connectivity index (χ1n) is 12.8. The van der Waals surface area contributed by atoms with E-state index < -0.39 is 17.7 Å². The van der Waals surface area contributed by atoms with Crippen LogP contribution in [0.1, 0.15) is 21.5 Å². The molecule has 0 saturated carbocycles. The first-order valence-corrected chi connectivity index (χ1v) is 12.8. The van der Waals surface area contributed by atoms with Gasteiger partial charge in [-0.15, -0.1) is 0 Å². The number of aromatic nitrogens is 2. The van der Waals surface area contributed by atoms with Crippen LogP contribution in [0.5, 0.6) is 0 Å². The van der Waals surface area contributed by atoms with Crippen LogP contribution >= 0.6 is 0 Å². The van der Waals surface area contributed by atoms with Gasteiger partial charge in [-0.1, -0.05) is 78.4 Å². The van der Waals surface area contributed by atoms with E-state index in [0.717, 1.165) is 16.8 Å². The van der Waals surface area contributed by atoms with E-state index in [1.165, 1.54) is 6.21 Å². The summed E-state index contributed by atoms with van der Waals surface area (Å²) in [7, 11) is 0. The maximum absolute atomic E-state index is 12.9. The number of carbonyl (C=O) groups is 3. The van der Waals surface area contributed by atoms with Crippen molar-refractivity contribution in [2.24, 2.45) is 5.10 Å². The summed E-state index contributed by atoms with van der Waals surface area (Å²) in [6.45, 7) is 1.95. The van der Waals surface area contributed by atoms with Crippen molar-refractivity contribution in [3.05, 3.63) is 132 Å². The number of hydrazone groups is 1. The smallest absolute Gasteiger partial charge is 0.322 e. The molecule has 1 heterocycles. The van der Waals surface area contributed by atoms with E-state index in [9.17, 15) is 14.4 Å². The second-order valence-corrected chi connectivity index (χ2v) is 9.10. The highest BCUT2D eigenvalue weighted by molar-refractivity contribution is 6.40. The number of carbonyl (C=O) groups excluding carboxylic acids is 3. The van der Waals surface area contributed by atoms with Crippen molar-refractivity contribution in [3.8, 4) is 16.9 Å². The summed E-state index contributed by atoms with van der Waals surface area (Å²) in [5.74, 6) is -2.39. The lowest BCUT2D eigenvalue weighted by molar-refractivity contribution is -0.136. The molecule has 3 amide bonds. The lowest BCUT2D eigenvalue weighted by atomic mass is 10.1. The van der Waals surface area contributed by atoms with Gasteiger partial charge in [-0.3, -0.25) is 14.4 Å². The van der Waals surface area contributed by atoms with Crippen LogP contribution in [-0.4, -0.2) is 33.7 Å². The van der Waals surface area contributed by atoms with Gasteiger partial charge in [0.15, 0.2) is 0 Å². The Bertz CT molecular complexity index is 1710. The van der Waals surface area contributed by atoms with Gasteiger partial charge < -0.3 is 10.6 Å². The molecule has 5 aromatic rings. The second-order valence-electron chi connectivity index (χ2n) is 9.10. The summed E-state index contributed by atoms with van der Waals surface area (Å²) >= 11 is 0. The molecule has 0 aliphatic rings. The largest absolute Gasteiger partial charge is 0.329 e. The van der Waals surface area contributed by atoms with E-state index in [-0.39, 0.29) is 11.3 Å². The third-order valence-electron chi connectivity index (χ3n) is 6.12. The maximum atomic E-state index is 12.9. The average Bonchev–Trinajstić information content (AvgIpc) is 3.43. The molecule has 41 heavy (non-hydrogen) atoms. The molecule has 0 bridgehead atoms. The van der Waals surface area contributed by atoms with Crippen LogP contribution in [-0.2, 0) is 9.59 Å². The third kappa shape index (κ3) is 6.61. The lowest BCUT2D eigenvalue weighted by Gasteiger charge is -2.11. The van der Waals surface area contributed by atoms with Gasteiger partial charge >= 0.3 is 11.8 Å². The van der Waals surface area contributed by atoms with E-state index in [0.29, 0.717) is 16.9 Å². The standard InChI is InChI=1S/C32H26N6O3/c1-22-16-18-25(19-17-22)34-30(39)27-14-8-9-15-28(27)35-31(40)32(41)36-33-20-24-21-38(26-12-6-3-7-13-26)37-29(24)23-10-4-2-5-11-23/h2-21H,1H3,(H,34,39)(H,35,40)(H,36,41)/b33-20-. The fraction of sp³-hybridized carbons (Fsp3) is 0.0312. The minimum atomic E-state index is -0.994. The van der Waals surface area contributed by atoms with E-state index >= 15 is 0 Å². The number of rotatable bonds is 7. The first kappa shape index (κ1) is 26.8. The van der Waals surface area contributed by atoms with Gasteiger partial charge in [0.1, 0.15) is 5.69 Å². The predicted molar refractivity (Wildman–Crippen MR) is 159 cm³/mol. The summed E-state index contributed by atoms with van der Waals surface area (Å²) in [6, 6.07) is 32.9. The monoisotopic (exact) mass is 542 g/mol. The molecule has 4 aromatic carbocycles. The molecule has 0 radical (unpaired) electrons. The van der Waals surface area contributed by atoms with Gasteiger partial charge in [-0.05, 0) is 43.3 Å². The van der Waals surface area contributed by atoms with Crippen LogP contribution in [0.15, 0.2) is 120 Å². The molecular formula is C32H26N6O3. The summed E-state index contributed by atoms with van der Waals surface area (Å²) < 4.78 is 1.72. The van der Waals surface area contributed by atoms with Gasteiger partial charge in [-0.2, -0.15) is 10.2 Å². The zero-order valence-electron chi connectivity index (χ0n) is 22.1. The van der Waals surface area contributed by atoms with E-state index in [1.807, 2.05) is 79.7 Å². The van der Waals surface area contributed by atoms with Crippen molar-refractivity contribution in [3.63, 3.8) is 0 Å². The van der Waals surface area contributed by atoms with Gasteiger partial charge in [-0.25, -0.2) is 10.1 Å². The topological polar surface area (TPSA) is 117 Å². The molecule has 0 spiro atoms. The van der Waals surface area contributed by atoms with E-state index in [2.05, 4.69) is 21.2 Å². The molecule has 9 nitrogen and oxygen atoms in total. The predicted octanol–water partition coefficient (Wildman–Crippen LogP) is 5.19. The number of benzene rings is 4. The molecule has 0 unspecified atom stereocenters. The zero-order chi connectivity index (χ0) is 28.6. The fourth-order valence-corrected chi connectivity index (χ4v) is 4.03. The van der Waals surface area contributed by atoms with Gasteiger partial charge in [0, 0.05) is 23.0 Å². The molecule has 9 heteroatoms. The number of para-hydroxylation sites is 2. The molecule has 0 saturated heterocycles. The summed E-state index contributed by atoms with van der Waals surface area (Å²) in [4.78, 5) is 38.1. The molecule has 0 fully saturated rings. The van der Waals surface area contributed by atoms with Crippen molar-refractivity contribution in [2.75, 3.05) is 10.6 Å². The number of anilines is 2. The van der Waals surface area contributed by atoms with Crippen LogP contribution in [0.4, 0.5) is 11.4 Å². The Hall–Kier alpha value is -5.83. The maximum Gasteiger partial charge on any atom is 0.329 e. The normalized spacial score (nSPS) is 10.8. The number of aryl methyl sites for hydroxylation is 1. The molecule has 5 rings (SSSR count). The summed E-state index contributed by atoms with van der Waals surface area (Å²) in [5.41, 5.74) is 7.35. The highest BCUT2D eigenvalue weighted by Gasteiger charge is 2.18. The number of nitrogens with one attached hydrogen (secondary N) is 3. The Morgan fingerprint density at radius 1 is 0.756 bits per heavy atom.